The molecule has 1 amide bonds. The number of fused-ring (bicyclic) bond motifs is 7. The minimum atomic E-state index is -0.972. The Morgan fingerprint density at radius 1 is 0.846 bits per heavy atom. The number of carbonyl (C=O) groups is 2. The second-order valence-corrected chi connectivity index (χ2v) is 13.2. The van der Waals surface area contributed by atoms with Crippen molar-refractivity contribution < 1.29 is 28.9 Å². The van der Waals surface area contributed by atoms with Gasteiger partial charge in [-0.25, -0.2) is 14.8 Å². The lowest BCUT2D eigenvalue weighted by Crippen LogP contribution is -2.31. The molecule has 1 saturated heterocycles. The Bertz CT molecular complexity index is 2290. The summed E-state index contributed by atoms with van der Waals surface area (Å²) in [5, 5.41) is 12.4. The SMILES string of the molecule is CNC(=O)c1ccc(-c2ccc3c(c2)CCCOc2cc(ccc2Cc2nc4ccc(C(=O)O)cc4n2C[C@@H]2CCO2)-c2cccc(n2)OC3)cc1. The molecule has 4 bridgehead atoms. The normalized spacial score (nSPS) is 15.4. The van der Waals surface area contributed by atoms with Crippen LogP contribution in [0.4, 0.5) is 0 Å². The lowest BCUT2D eigenvalue weighted by atomic mass is 9.96. The van der Waals surface area contributed by atoms with Crippen LogP contribution < -0.4 is 14.8 Å². The number of aryl methyl sites for hydroxylation is 1. The third-order valence-corrected chi connectivity index (χ3v) is 9.83. The molecule has 6 aromatic rings. The highest BCUT2D eigenvalue weighted by atomic mass is 16.5. The maximum atomic E-state index is 12.1. The van der Waals surface area contributed by atoms with Crippen LogP contribution in [0.1, 0.15) is 56.1 Å². The van der Waals surface area contributed by atoms with Gasteiger partial charge >= 0.3 is 5.97 Å². The highest BCUT2D eigenvalue weighted by Gasteiger charge is 2.23. The van der Waals surface area contributed by atoms with E-state index in [-0.39, 0.29) is 17.6 Å². The van der Waals surface area contributed by atoms with Crippen LogP contribution >= 0.6 is 0 Å². The number of aromatic carboxylic acids is 1. The predicted molar refractivity (Wildman–Crippen MR) is 197 cm³/mol. The summed E-state index contributed by atoms with van der Waals surface area (Å²) in [7, 11) is 1.63. The smallest absolute Gasteiger partial charge is 0.335 e. The maximum absolute atomic E-state index is 12.1. The Kier molecular flexibility index (Phi) is 9.13. The van der Waals surface area contributed by atoms with Crippen LogP contribution in [0, 0.1) is 0 Å². The van der Waals surface area contributed by atoms with Crippen molar-refractivity contribution >= 4 is 22.9 Å². The number of nitrogens with one attached hydrogen (secondary N) is 1. The Morgan fingerprint density at radius 3 is 2.44 bits per heavy atom. The lowest BCUT2D eigenvalue weighted by molar-refractivity contribution is -0.0589. The molecule has 10 heteroatoms. The number of pyridine rings is 1. The van der Waals surface area contributed by atoms with Gasteiger partial charge in [-0.15, -0.1) is 0 Å². The molecule has 52 heavy (non-hydrogen) atoms. The first kappa shape index (κ1) is 33.2. The van der Waals surface area contributed by atoms with Crippen molar-refractivity contribution in [2.24, 2.45) is 0 Å². The molecule has 10 nitrogen and oxygen atoms in total. The predicted octanol–water partition coefficient (Wildman–Crippen LogP) is 7.11. The molecular weight excluding hydrogens is 656 g/mol. The molecule has 0 aliphatic carbocycles. The zero-order chi connectivity index (χ0) is 35.6. The van der Waals surface area contributed by atoms with Gasteiger partial charge in [0.2, 0.25) is 5.88 Å². The van der Waals surface area contributed by atoms with Crippen molar-refractivity contribution in [3.05, 3.63) is 131 Å². The van der Waals surface area contributed by atoms with Gasteiger partial charge in [0.1, 0.15) is 18.2 Å². The van der Waals surface area contributed by atoms with Gasteiger partial charge in [-0.2, -0.15) is 0 Å². The van der Waals surface area contributed by atoms with E-state index in [4.69, 9.17) is 24.2 Å². The average Bonchev–Trinajstić information content (AvgIpc) is 3.49. The molecule has 1 atom stereocenters. The fraction of sp³-hybridized carbons (Fsp3) is 0.238. The van der Waals surface area contributed by atoms with Crippen molar-refractivity contribution in [3.63, 3.8) is 0 Å². The van der Waals surface area contributed by atoms with Crippen molar-refractivity contribution in [1.82, 2.24) is 19.9 Å². The largest absolute Gasteiger partial charge is 0.493 e. The summed E-state index contributed by atoms with van der Waals surface area (Å²) < 4.78 is 20.7. The van der Waals surface area contributed by atoms with Crippen LogP contribution in [0.2, 0.25) is 0 Å². The molecule has 4 heterocycles. The number of carboxylic acids is 1. The van der Waals surface area contributed by atoms with E-state index >= 15 is 0 Å². The number of amides is 1. The summed E-state index contributed by atoms with van der Waals surface area (Å²) in [4.78, 5) is 33.7. The Hall–Kier alpha value is -6.00. The number of nitrogens with zero attached hydrogens (tertiary/aromatic N) is 3. The van der Waals surface area contributed by atoms with Gasteiger partial charge in [-0.05, 0) is 84.0 Å². The van der Waals surface area contributed by atoms with E-state index in [1.54, 1.807) is 25.2 Å². The summed E-state index contributed by atoms with van der Waals surface area (Å²) in [6.07, 6.45) is 3.04. The van der Waals surface area contributed by atoms with E-state index in [1.807, 2.05) is 54.6 Å². The summed E-state index contributed by atoms with van der Waals surface area (Å²) in [5.41, 5.74) is 9.34. The number of hydrogen-bond donors (Lipinski definition) is 2. The topological polar surface area (TPSA) is 125 Å². The number of benzene rings is 4. The number of carboxylic acid groups (broad SMARTS) is 1. The first-order valence-electron chi connectivity index (χ1n) is 17.6. The molecule has 2 aromatic heterocycles. The molecule has 0 unspecified atom stereocenters. The minimum Gasteiger partial charge on any atom is -0.493 e. The molecule has 2 aliphatic rings. The summed E-state index contributed by atoms with van der Waals surface area (Å²) in [5.74, 6) is 1.01. The highest BCUT2D eigenvalue weighted by Crippen LogP contribution is 2.32. The van der Waals surface area contributed by atoms with Crippen molar-refractivity contribution in [2.45, 2.75) is 44.9 Å². The van der Waals surface area contributed by atoms with Crippen LogP contribution in [0.3, 0.4) is 0 Å². The zero-order valence-corrected chi connectivity index (χ0v) is 28.8. The Morgan fingerprint density at radius 2 is 1.65 bits per heavy atom. The van der Waals surface area contributed by atoms with Crippen molar-refractivity contribution in [2.75, 3.05) is 20.3 Å². The van der Waals surface area contributed by atoms with Gasteiger partial charge in [0.25, 0.3) is 5.91 Å². The summed E-state index contributed by atoms with van der Waals surface area (Å²) >= 11 is 0. The molecule has 262 valence electrons. The second-order valence-electron chi connectivity index (χ2n) is 13.2. The number of imidazole rings is 1. The van der Waals surface area contributed by atoms with Gasteiger partial charge < -0.3 is 29.2 Å². The Labute approximate surface area is 301 Å². The van der Waals surface area contributed by atoms with Crippen molar-refractivity contribution in [3.8, 4) is 34.0 Å². The fourth-order valence-electron chi connectivity index (χ4n) is 6.83. The van der Waals surface area contributed by atoms with Crippen molar-refractivity contribution in [1.29, 1.82) is 0 Å². The van der Waals surface area contributed by atoms with Gasteiger partial charge in [0.15, 0.2) is 0 Å². The molecule has 8 rings (SSSR count). The van der Waals surface area contributed by atoms with E-state index in [1.165, 1.54) is 0 Å². The van der Waals surface area contributed by atoms with E-state index in [0.29, 0.717) is 37.6 Å². The highest BCUT2D eigenvalue weighted by molar-refractivity contribution is 5.94. The number of rotatable bonds is 7. The number of hydrogen-bond acceptors (Lipinski definition) is 7. The van der Waals surface area contributed by atoms with Crippen LogP contribution in [-0.4, -0.2) is 57.9 Å². The van der Waals surface area contributed by atoms with Gasteiger partial charge in [-0.3, -0.25) is 4.79 Å². The standard InChI is InChI=1S/C42H38N4O6/c1-43-41(47)27-9-7-26(8-10-27)29-11-14-33-25-52-40-6-2-5-35(45-40)30-12-13-31(38(22-30)51-18-3-4-28(33)20-29)23-39-44-36-16-15-32(42(48)49)21-37(36)46(39)24-34-17-19-50-34/h2,5-16,20-22,34H,3-4,17-19,23-25H2,1H3,(H,43,47)(H,48,49)/t34-/m0/s1. The lowest BCUT2D eigenvalue weighted by Gasteiger charge is -2.27. The second kappa shape index (κ2) is 14.3. The third-order valence-electron chi connectivity index (χ3n) is 9.83. The summed E-state index contributed by atoms with van der Waals surface area (Å²) in [6.45, 7) is 2.20. The Balaban J connectivity index is 1.11. The first-order valence-corrected chi connectivity index (χ1v) is 17.6. The number of ether oxygens (including phenoxy) is 3. The molecular formula is C42H38N4O6. The van der Waals surface area contributed by atoms with Crippen LogP contribution in [-0.2, 0) is 30.7 Å². The number of carbonyl (C=O) groups excluding carboxylic acids is 1. The molecule has 2 N–H and O–H groups in total. The number of aromatic nitrogens is 3. The monoisotopic (exact) mass is 694 g/mol. The van der Waals surface area contributed by atoms with Gasteiger partial charge in [0, 0.05) is 42.8 Å². The molecule has 4 aromatic carbocycles. The summed E-state index contributed by atoms with van der Waals surface area (Å²) in [6, 6.07) is 31.0. The molecule has 0 saturated carbocycles. The van der Waals surface area contributed by atoms with E-state index in [9.17, 15) is 14.7 Å². The first-order chi connectivity index (χ1) is 25.4. The van der Waals surface area contributed by atoms with Gasteiger partial charge in [-0.1, -0.05) is 48.5 Å². The minimum absolute atomic E-state index is 0.0622. The van der Waals surface area contributed by atoms with E-state index in [2.05, 4.69) is 34.1 Å². The molecule has 2 aliphatic heterocycles. The van der Waals surface area contributed by atoms with E-state index in [0.717, 1.165) is 87.6 Å². The van der Waals surface area contributed by atoms with Crippen LogP contribution in [0.25, 0.3) is 33.4 Å². The van der Waals surface area contributed by atoms with Crippen LogP contribution in [0.15, 0.2) is 97.1 Å². The van der Waals surface area contributed by atoms with Crippen LogP contribution in [0.5, 0.6) is 11.6 Å². The third kappa shape index (κ3) is 6.85. The molecule has 0 spiro atoms. The van der Waals surface area contributed by atoms with Gasteiger partial charge in [0.05, 0.1) is 41.5 Å². The maximum Gasteiger partial charge on any atom is 0.335 e. The zero-order valence-electron chi connectivity index (χ0n) is 28.8. The fourth-order valence-corrected chi connectivity index (χ4v) is 6.83. The van der Waals surface area contributed by atoms with E-state index < -0.39 is 5.97 Å². The molecule has 1 fully saturated rings. The molecule has 0 radical (unpaired) electrons. The quantitative estimate of drug-likeness (QED) is 0.181. The average molecular weight is 695 g/mol.